The van der Waals surface area contributed by atoms with Crippen LogP contribution in [0.1, 0.15) is 17.1 Å². The number of fused-ring (bicyclic) bond motifs is 1. The first kappa shape index (κ1) is 19.4. The van der Waals surface area contributed by atoms with Gasteiger partial charge in [-0.1, -0.05) is 6.07 Å². The Hall–Kier alpha value is -2.92. The van der Waals surface area contributed by atoms with Crippen molar-refractivity contribution in [3.63, 3.8) is 0 Å². The molecule has 0 spiro atoms. The van der Waals surface area contributed by atoms with Gasteiger partial charge in [0, 0.05) is 11.6 Å². The summed E-state index contributed by atoms with van der Waals surface area (Å²) in [5.41, 5.74) is 5.40. The van der Waals surface area contributed by atoms with Crippen LogP contribution in [0.15, 0.2) is 30.5 Å². The van der Waals surface area contributed by atoms with E-state index in [1.165, 1.54) is 6.07 Å². The molecular weight excluding hydrogens is 399 g/mol. The fourth-order valence-corrected chi connectivity index (χ4v) is 4.23. The van der Waals surface area contributed by atoms with Gasteiger partial charge in [0.2, 0.25) is 15.9 Å². The van der Waals surface area contributed by atoms with Crippen LogP contribution in [0.3, 0.4) is 0 Å². The Morgan fingerprint density at radius 2 is 2.07 bits per heavy atom. The third-order valence-corrected chi connectivity index (χ3v) is 6.09. The van der Waals surface area contributed by atoms with E-state index in [2.05, 4.69) is 15.1 Å². The van der Waals surface area contributed by atoms with E-state index < -0.39 is 21.6 Å². The first-order chi connectivity index (χ1) is 13.6. The number of primary amides is 1. The molecule has 9 nitrogen and oxygen atoms in total. The number of aryl methyl sites for hydroxylation is 1. The molecule has 152 valence electrons. The molecule has 4 rings (SSSR count). The summed E-state index contributed by atoms with van der Waals surface area (Å²) in [6.07, 6.45) is 2.65. The second-order valence-electron chi connectivity index (χ2n) is 7.21. The summed E-state index contributed by atoms with van der Waals surface area (Å²) < 4.78 is 40.9. The first-order valence-corrected chi connectivity index (χ1v) is 10.7. The second kappa shape index (κ2) is 6.56. The number of hydrogen-bond donors (Lipinski definition) is 1. The average molecular weight is 418 g/mol. The maximum atomic E-state index is 15.2. The molecule has 1 saturated heterocycles. The van der Waals surface area contributed by atoms with Crippen LogP contribution in [-0.2, 0) is 26.9 Å². The first-order valence-electron chi connectivity index (χ1n) is 8.81. The summed E-state index contributed by atoms with van der Waals surface area (Å²) in [5, 5.41) is 5.24. The summed E-state index contributed by atoms with van der Waals surface area (Å²) in [7, 11) is -3.44. The largest absolute Gasteiger partial charge is 0.369 e. The number of carbonyl (C=O) groups excluding carboxylic acids is 1. The van der Waals surface area contributed by atoms with Gasteiger partial charge >= 0.3 is 0 Å². The maximum Gasteiger partial charge on any atom is 0.223 e. The Morgan fingerprint density at radius 3 is 2.72 bits per heavy atom. The fourth-order valence-electron chi connectivity index (χ4n) is 3.35. The molecule has 29 heavy (non-hydrogen) atoms. The number of carbonyl (C=O) groups is 1. The quantitative estimate of drug-likeness (QED) is 0.647. The molecule has 0 aliphatic carbocycles. The van der Waals surface area contributed by atoms with Gasteiger partial charge in [-0.3, -0.25) is 9.78 Å². The topological polar surface area (TPSA) is 124 Å². The number of hydrogen-bond acceptors (Lipinski definition) is 6. The van der Waals surface area contributed by atoms with E-state index >= 15 is 4.39 Å². The van der Waals surface area contributed by atoms with E-state index in [1.807, 2.05) is 6.92 Å². The van der Waals surface area contributed by atoms with Crippen molar-refractivity contribution in [2.45, 2.75) is 19.0 Å². The molecule has 1 aliphatic heterocycles. The van der Waals surface area contributed by atoms with Crippen molar-refractivity contribution >= 4 is 26.8 Å². The number of sulfonamides is 1. The zero-order chi connectivity index (χ0) is 21.0. The lowest BCUT2D eigenvalue weighted by Gasteiger charge is -2.42. The molecule has 0 unspecified atom stereocenters. The number of nitrogens with zero attached hydrogens (tertiary/aromatic N) is 5. The minimum atomic E-state index is -3.44. The lowest BCUT2D eigenvalue weighted by atomic mass is 9.94. The molecule has 0 atom stereocenters. The molecule has 0 aromatic carbocycles. The van der Waals surface area contributed by atoms with Crippen molar-refractivity contribution in [3.05, 3.63) is 47.5 Å². The van der Waals surface area contributed by atoms with E-state index in [0.717, 1.165) is 15.9 Å². The second-order valence-corrected chi connectivity index (χ2v) is 9.19. The molecular formula is C18H19FN6O3S. The van der Waals surface area contributed by atoms with Crippen LogP contribution >= 0.6 is 0 Å². The normalized spacial score (nSPS) is 16.7. The van der Waals surface area contributed by atoms with Gasteiger partial charge in [0.15, 0.2) is 11.5 Å². The molecule has 4 heterocycles. The summed E-state index contributed by atoms with van der Waals surface area (Å²) in [5.74, 6) is -0.119. The summed E-state index contributed by atoms with van der Waals surface area (Å²) >= 11 is 0. The van der Waals surface area contributed by atoms with Gasteiger partial charge in [0.05, 0.1) is 48.4 Å². The number of rotatable bonds is 5. The van der Waals surface area contributed by atoms with E-state index in [1.54, 1.807) is 29.1 Å². The number of pyridine rings is 2. The van der Waals surface area contributed by atoms with Crippen molar-refractivity contribution < 1.29 is 17.6 Å². The molecule has 0 saturated carbocycles. The molecule has 3 aromatic rings. The fraction of sp³-hybridized carbons (Fsp3) is 0.333. The van der Waals surface area contributed by atoms with Gasteiger partial charge in [-0.05, 0) is 25.1 Å². The SMILES string of the molecule is Cc1nn(-c2cccc(C3(F)CN(S(C)(=O)=O)C3)n2)c2cc(CC(N)=O)ncc12. The van der Waals surface area contributed by atoms with E-state index in [-0.39, 0.29) is 25.2 Å². The van der Waals surface area contributed by atoms with Crippen LogP contribution in [0.25, 0.3) is 16.7 Å². The van der Waals surface area contributed by atoms with Gasteiger partial charge in [-0.2, -0.15) is 9.40 Å². The zero-order valence-corrected chi connectivity index (χ0v) is 16.6. The van der Waals surface area contributed by atoms with Gasteiger partial charge < -0.3 is 5.73 Å². The number of halogens is 1. The van der Waals surface area contributed by atoms with Gasteiger partial charge in [0.1, 0.15) is 0 Å². The predicted octanol–water partition coefficient (Wildman–Crippen LogP) is 0.592. The Morgan fingerprint density at radius 1 is 1.34 bits per heavy atom. The van der Waals surface area contributed by atoms with E-state index in [9.17, 15) is 13.2 Å². The Labute approximate surface area is 166 Å². The molecule has 1 amide bonds. The number of alkyl halides is 1. The van der Waals surface area contributed by atoms with Crippen molar-refractivity contribution in [2.75, 3.05) is 19.3 Å². The third kappa shape index (κ3) is 3.47. The van der Waals surface area contributed by atoms with Crippen LogP contribution in [0.4, 0.5) is 4.39 Å². The molecule has 0 radical (unpaired) electrons. The van der Waals surface area contributed by atoms with Crippen molar-refractivity contribution in [1.82, 2.24) is 24.1 Å². The highest BCUT2D eigenvalue weighted by molar-refractivity contribution is 7.88. The maximum absolute atomic E-state index is 15.2. The van der Waals surface area contributed by atoms with Crippen LogP contribution in [-0.4, -0.2) is 57.7 Å². The van der Waals surface area contributed by atoms with E-state index in [4.69, 9.17) is 5.73 Å². The zero-order valence-electron chi connectivity index (χ0n) is 15.8. The van der Waals surface area contributed by atoms with Gasteiger partial charge in [0.25, 0.3) is 0 Å². The number of amides is 1. The Balaban J connectivity index is 1.74. The summed E-state index contributed by atoms with van der Waals surface area (Å²) in [4.78, 5) is 19.8. The standard InChI is InChI=1S/C18H19FN6O3S/c1-11-13-8-21-12(7-16(20)26)6-14(13)25(23-11)17-5-3-4-15(22-17)18(19)9-24(10-18)29(2,27)28/h3-6,8H,7,9-10H2,1-2H3,(H2,20,26). The van der Waals surface area contributed by atoms with Crippen molar-refractivity contribution in [2.24, 2.45) is 5.73 Å². The predicted molar refractivity (Wildman–Crippen MR) is 103 cm³/mol. The van der Waals surface area contributed by atoms with Gasteiger partial charge in [-0.25, -0.2) is 22.5 Å². The lowest BCUT2D eigenvalue weighted by Crippen LogP contribution is -2.58. The minimum absolute atomic E-state index is 0.0114. The lowest BCUT2D eigenvalue weighted by molar-refractivity contribution is -0.117. The van der Waals surface area contributed by atoms with Crippen LogP contribution in [0, 0.1) is 6.92 Å². The highest BCUT2D eigenvalue weighted by atomic mass is 32.2. The van der Waals surface area contributed by atoms with Crippen molar-refractivity contribution in [1.29, 1.82) is 0 Å². The third-order valence-electron chi connectivity index (χ3n) is 4.90. The van der Waals surface area contributed by atoms with Crippen molar-refractivity contribution in [3.8, 4) is 5.82 Å². The smallest absolute Gasteiger partial charge is 0.223 e. The van der Waals surface area contributed by atoms with E-state index in [0.29, 0.717) is 22.7 Å². The van der Waals surface area contributed by atoms with Crippen LogP contribution in [0.2, 0.25) is 0 Å². The number of nitrogens with two attached hydrogens (primary N) is 1. The minimum Gasteiger partial charge on any atom is -0.369 e. The summed E-state index contributed by atoms with van der Waals surface area (Å²) in [6, 6.07) is 6.56. The molecule has 2 N–H and O–H groups in total. The highest BCUT2D eigenvalue weighted by Crippen LogP contribution is 2.36. The van der Waals surface area contributed by atoms with Gasteiger partial charge in [-0.15, -0.1) is 0 Å². The molecule has 3 aromatic heterocycles. The summed E-state index contributed by atoms with van der Waals surface area (Å²) in [6.45, 7) is 1.27. The average Bonchev–Trinajstić information content (AvgIpc) is 2.94. The molecule has 1 fully saturated rings. The van der Waals surface area contributed by atoms with Crippen LogP contribution < -0.4 is 5.73 Å². The Kier molecular flexibility index (Phi) is 4.39. The van der Waals surface area contributed by atoms with Crippen LogP contribution in [0.5, 0.6) is 0 Å². The number of aromatic nitrogens is 4. The monoisotopic (exact) mass is 418 g/mol. The molecule has 0 bridgehead atoms. The molecule has 11 heteroatoms. The highest BCUT2D eigenvalue weighted by Gasteiger charge is 2.50. The molecule has 1 aliphatic rings. The Bertz CT molecular complexity index is 1230.